The van der Waals surface area contributed by atoms with Gasteiger partial charge in [-0.1, -0.05) is 0 Å². The third-order valence-electron chi connectivity index (χ3n) is 3.16. The average Bonchev–Trinajstić information content (AvgIpc) is 3.02. The van der Waals surface area contributed by atoms with Gasteiger partial charge in [0.05, 0.1) is 5.69 Å². The number of alkyl halides is 3. The van der Waals surface area contributed by atoms with E-state index in [-0.39, 0.29) is 23.8 Å². The van der Waals surface area contributed by atoms with Crippen LogP contribution in [0.15, 0.2) is 23.3 Å². The first-order valence-corrected chi connectivity index (χ1v) is 7.59. The van der Waals surface area contributed by atoms with Crippen LogP contribution in [0.5, 0.6) is 5.75 Å². The lowest BCUT2D eigenvalue weighted by molar-refractivity contribution is -0.274. The minimum absolute atomic E-state index is 0.0251. The summed E-state index contributed by atoms with van der Waals surface area (Å²) >= 11 is 0. The molecule has 1 aliphatic heterocycles. The van der Waals surface area contributed by atoms with Crippen molar-refractivity contribution in [1.29, 1.82) is 0 Å². The normalized spacial score (nSPS) is 13.7. The van der Waals surface area contributed by atoms with Crippen molar-refractivity contribution in [2.24, 2.45) is 5.10 Å². The molecule has 148 valence electrons. The molecule has 2 rings (SSSR count). The Balaban J connectivity index is 2.23. The monoisotopic (exact) mass is 390 g/mol. The number of nitrogens with one attached hydrogen (secondary N) is 4. The molecule has 10 nitrogen and oxygen atoms in total. The van der Waals surface area contributed by atoms with Crippen molar-refractivity contribution in [2.75, 3.05) is 25.6 Å². The molecule has 0 bridgehead atoms. The first-order valence-electron chi connectivity index (χ1n) is 7.59. The summed E-state index contributed by atoms with van der Waals surface area (Å²) in [7, 11) is 1.25. The van der Waals surface area contributed by atoms with Crippen LogP contribution in [0.3, 0.4) is 0 Å². The van der Waals surface area contributed by atoms with Gasteiger partial charge in [0.1, 0.15) is 6.61 Å². The largest absolute Gasteiger partial charge is 0.573 e. The van der Waals surface area contributed by atoms with Gasteiger partial charge in [0, 0.05) is 19.2 Å². The highest BCUT2D eigenvalue weighted by molar-refractivity contribution is 6.07. The Morgan fingerprint density at radius 3 is 2.67 bits per heavy atom. The van der Waals surface area contributed by atoms with E-state index in [1.165, 1.54) is 12.1 Å². The Morgan fingerprint density at radius 2 is 2.04 bits per heavy atom. The standard InChI is InChI=1S/C14H17F3N6O4/c1-3-23-13(20-21-22-23)19-12(25)8-4-5-10(27-14(15,16)17)9(6-8)18-11(24)7-26-2/h4-6,21-22H,3,7H2,1-2H3,(H,18,24)(H,19,20,25). The zero-order valence-corrected chi connectivity index (χ0v) is 14.3. The fourth-order valence-electron chi connectivity index (χ4n) is 2.05. The topological polar surface area (TPSA) is 116 Å². The lowest BCUT2D eigenvalue weighted by atomic mass is 10.1. The van der Waals surface area contributed by atoms with E-state index < -0.39 is 23.9 Å². The van der Waals surface area contributed by atoms with E-state index in [9.17, 15) is 22.8 Å². The molecule has 0 atom stereocenters. The van der Waals surface area contributed by atoms with Gasteiger partial charge in [-0.15, -0.1) is 23.8 Å². The van der Waals surface area contributed by atoms with Crippen LogP contribution in [0.4, 0.5) is 18.9 Å². The molecular weight excluding hydrogens is 373 g/mol. The maximum absolute atomic E-state index is 12.5. The van der Waals surface area contributed by atoms with Crippen molar-refractivity contribution in [3.05, 3.63) is 23.8 Å². The summed E-state index contributed by atoms with van der Waals surface area (Å²) in [5, 5.41) is 9.98. The maximum Gasteiger partial charge on any atom is 0.573 e. The van der Waals surface area contributed by atoms with Gasteiger partial charge < -0.3 is 14.8 Å². The van der Waals surface area contributed by atoms with Crippen LogP contribution < -0.4 is 26.4 Å². The Kier molecular flexibility index (Phi) is 6.41. The highest BCUT2D eigenvalue weighted by atomic mass is 19.4. The third-order valence-corrected chi connectivity index (χ3v) is 3.16. The molecule has 0 spiro atoms. The molecule has 1 aliphatic rings. The fraction of sp³-hybridized carbons (Fsp3) is 0.357. The summed E-state index contributed by atoms with van der Waals surface area (Å²) in [4.78, 5) is 24.0. The number of ether oxygens (including phenoxy) is 2. The van der Waals surface area contributed by atoms with Crippen LogP contribution in [-0.2, 0) is 9.53 Å². The van der Waals surface area contributed by atoms with Crippen LogP contribution in [-0.4, -0.2) is 49.4 Å². The van der Waals surface area contributed by atoms with E-state index in [1.54, 1.807) is 6.92 Å². The number of hydrogen-bond donors (Lipinski definition) is 4. The number of guanidine groups is 1. The van der Waals surface area contributed by atoms with E-state index in [0.29, 0.717) is 6.54 Å². The fourth-order valence-corrected chi connectivity index (χ4v) is 2.05. The number of carbonyl (C=O) groups is 2. The van der Waals surface area contributed by atoms with Gasteiger partial charge in [0.15, 0.2) is 5.75 Å². The van der Waals surface area contributed by atoms with Gasteiger partial charge in [-0.3, -0.25) is 19.9 Å². The molecule has 1 heterocycles. The minimum atomic E-state index is -4.97. The number of halogens is 3. The van der Waals surface area contributed by atoms with E-state index in [4.69, 9.17) is 0 Å². The van der Waals surface area contributed by atoms with Crippen molar-refractivity contribution < 1.29 is 32.2 Å². The minimum Gasteiger partial charge on any atom is -0.404 e. The summed E-state index contributed by atoms with van der Waals surface area (Å²) in [6.45, 7) is 1.89. The van der Waals surface area contributed by atoms with Crippen LogP contribution in [0.25, 0.3) is 0 Å². The predicted octanol–water partition coefficient (Wildman–Crippen LogP) is 0.516. The molecule has 13 heteroatoms. The number of hydrazine groups is 2. The molecular formula is C14H17F3N6O4. The number of hydrazone groups is 1. The molecule has 2 amide bonds. The molecule has 1 aromatic rings. The van der Waals surface area contributed by atoms with E-state index in [1.807, 2.05) is 0 Å². The summed E-state index contributed by atoms with van der Waals surface area (Å²) in [5.74, 6) is -1.87. The number of hydrogen-bond acceptors (Lipinski definition) is 8. The Labute approximate surface area is 151 Å². The van der Waals surface area contributed by atoms with E-state index in [0.717, 1.165) is 18.2 Å². The number of carbonyl (C=O) groups excluding carboxylic acids is 2. The quantitative estimate of drug-likeness (QED) is 0.560. The summed E-state index contributed by atoms with van der Waals surface area (Å²) in [6, 6.07) is 3.10. The average molecular weight is 390 g/mol. The lowest BCUT2D eigenvalue weighted by Crippen LogP contribution is -2.47. The van der Waals surface area contributed by atoms with Crippen molar-refractivity contribution in [2.45, 2.75) is 13.3 Å². The van der Waals surface area contributed by atoms with E-state index in [2.05, 4.69) is 36.3 Å². The Morgan fingerprint density at radius 1 is 1.30 bits per heavy atom. The number of benzene rings is 1. The van der Waals surface area contributed by atoms with Gasteiger partial charge >= 0.3 is 6.36 Å². The Hall–Kier alpha value is -3.06. The zero-order chi connectivity index (χ0) is 20.0. The summed E-state index contributed by atoms with van der Waals surface area (Å²) < 4.78 is 46.1. The molecule has 0 aliphatic carbocycles. The van der Waals surface area contributed by atoms with Crippen molar-refractivity contribution in [3.63, 3.8) is 0 Å². The SMILES string of the molecule is CCN1NNN=C1NC(=O)c1ccc(OC(F)(F)F)c(NC(=O)COC)c1. The van der Waals surface area contributed by atoms with E-state index >= 15 is 0 Å². The van der Waals surface area contributed by atoms with Crippen LogP contribution in [0.1, 0.15) is 17.3 Å². The number of nitrogens with zero attached hydrogens (tertiary/aromatic N) is 2. The first kappa shape index (κ1) is 20.3. The van der Waals surface area contributed by atoms with Crippen LogP contribution >= 0.6 is 0 Å². The van der Waals surface area contributed by atoms with Crippen molar-refractivity contribution >= 4 is 23.5 Å². The van der Waals surface area contributed by atoms with Gasteiger partial charge in [0.25, 0.3) is 5.91 Å². The third kappa shape index (κ3) is 5.72. The molecule has 0 aromatic heterocycles. The second kappa shape index (κ2) is 8.55. The van der Waals surface area contributed by atoms with Crippen molar-refractivity contribution in [3.8, 4) is 5.75 Å². The molecule has 4 N–H and O–H groups in total. The molecule has 0 saturated carbocycles. The summed E-state index contributed by atoms with van der Waals surface area (Å²) in [6.07, 6.45) is -4.97. The number of amides is 2. The highest BCUT2D eigenvalue weighted by Gasteiger charge is 2.32. The molecule has 1 aromatic carbocycles. The van der Waals surface area contributed by atoms with Gasteiger partial charge in [-0.25, -0.2) is 5.53 Å². The van der Waals surface area contributed by atoms with Gasteiger partial charge in [0.2, 0.25) is 11.9 Å². The smallest absolute Gasteiger partial charge is 0.404 e. The van der Waals surface area contributed by atoms with Gasteiger partial charge in [-0.2, -0.15) is 0 Å². The molecule has 0 saturated heterocycles. The second-order valence-electron chi connectivity index (χ2n) is 5.10. The van der Waals surface area contributed by atoms with Crippen LogP contribution in [0.2, 0.25) is 0 Å². The molecule has 27 heavy (non-hydrogen) atoms. The lowest BCUT2D eigenvalue weighted by Gasteiger charge is -2.17. The summed E-state index contributed by atoms with van der Waals surface area (Å²) in [5.41, 5.74) is 4.74. The van der Waals surface area contributed by atoms with Crippen molar-refractivity contribution in [1.82, 2.24) is 21.4 Å². The van der Waals surface area contributed by atoms with Gasteiger partial charge in [-0.05, 0) is 25.1 Å². The molecule has 0 fully saturated rings. The number of anilines is 1. The predicted molar refractivity (Wildman–Crippen MR) is 87.2 cm³/mol. The Bertz CT molecular complexity index is 740. The first-order chi connectivity index (χ1) is 12.7. The molecule has 0 unspecified atom stereocenters. The number of methoxy groups -OCH3 is 1. The number of rotatable bonds is 6. The highest BCUT2D eigenvalue weighted by Crippen LogP contribution is 2.31. The maximum atomic E-state index is 12.5. The second-order valence-corrected chi connectivity index (χ2v) is 5.10. The zero-order valence-electron chi connectivity index (χ0n) is 14.3. The molecule has 0 radical (unpaired) electrons. The van der Waals surface area contributed by atoms with Crippen LogP contribution in [0, 0.1) is 0 Å².